The van der Waals surface area contributed by atoms with Crippen molar-refractivity contribution in [3.63, 3.8) is 0 Å². The Balaban J connectivity index is 1.45. The molecule has 6 rings (SSSR count). The zero-order valence-corrected chi connectivity index (χ0v) is 26.0. The van der Waals surface area contributed by atoms with E-state index in [2.05, 4.69) is 9.88 Å². The molecule has 7 nitrogen and oxygen atoms in total. The van der Waals surface area contributed by atoms with E-state index in [9.17, 15) is 19.5 Å². The molecule has 1 aliphatic carbocycles. The van der Waals surface area contributed by atoms with Crippen LogP contribution in [0.2, 0.25) is 5.02 Å². The van der Waals surface area contributed by atoms with Crippen LogP contribution in [0.1, 0.15) is 67.2 Å². The van der Waals surface area contributed by atoms with Crippen LogP contribution in [0.4, 0.5) is 5.69 Å². The van der Waals surface area contributed by atoms with Crippen LogP contribution in [-0.2, 0) is 29.0 Å². The minimum Gasteiger partial charge on any atom is -0.481 e. The van der Waals surface area contributed by atoms with Crippen LogP contribution in [0.25, 0.3) is 10.9 Å². The first kappa shape index (κ1) is 29.9. The largest absolute Gasteiger partial charge is 0.481 e. The van der Waals surface area contributed by atoms with Crippen molar-refractivity contribution in [2.24, 2.45) is 11.3 Å². The molecule has 0 saturated heterocycles. The fourth-order valence-electron chi connectivity index (χ4n) is 6.34. The minimum atomic E-state index is -1.11. The Labute approximate surface area is 262 Å². The van der Waals surface area contributed by atoms with Crippen molar-refractivity contribution in [3.05, 3.63) is 94.1 Å². The van der Waals surface area contributed by atoms with Gasteiger partial charge in [-0.2, -0.15) is 0 Å². The zero-order chi connectivity index (χ0) is 31.2. The normalized spacial score (nSPS) is 17.0. The molecule has 228 valence electrons. The second-order valence-corrected chi connectivity index (χ2v) is 13.3. The molecular formula is C36H37ClN2O5. The number of carboxylic acids is 1. The third kappa shape index (κ3) is 5.73. The highest BCUT2D eigenvalue weighted by Crippen LogP contribution is 2.40. The van der Waals surface area contributed by atoms with E-state index in [-0.39, 0.29) is 29.9 Å². The predicted octanol–water partition coefficient (Wildman–Crippen LogP) is 7.35. The summed E-state index contributed by atoms with van der Waals surface area (Å²) >= 11 is 6.16. The standard InChI is InChI=1S/C36H37ClN2O5/c1-21(40)34(29-17-24-7-4-5-10-28(24)38-29)44-26-15-16-30-27(18-26)32(33(41)23-8-6-9-23)31(19-36(2,3)35(42)43)39(30)20-22-11-13-25(37)14-12-22/h4-5,7,10-16,18,23,29,34,38H,6,8-9,17,19-20H2,1-3H3,(H,42,43)/t29?,34-/m1/s1. The summed E-state index contributed by atoms with van der Waals surface area (Å²) < 4.78 is 8.48. The molecule has 4 aromatic rings. The van der Waals surface area contributed by atoms with Crippen molar-refractivity contribution in [2.45, 2.75) is 71.6 Å². The maximum absolute atomic E-state index is 14.1. The van der Waals surface area contributed by atoms with Crippen molar-refractivity contribution in [1.82, 2.24) is 4.57 Å². The van der Waals surface area contributed by atoms with Gasteiger partial charge in [0.1, 0.15) is 5.75 Å². The van der Waals surface area contributed by atoms with Crippen molar-refractivity contribution >= 4 is 45.7 Å². The molecule has 44 heavy (non-hydrogen) atoms. The molecule has 2 aliphatic rings. The van der Waals surface area contributed by atoms with Crippen LogP contribution in [0.5, 0.6) is 5.75 Å². The van der Waals surface area contributed by atoms with Crippen LogP contribution >= 0.6 is 11.6 Å². The number of ether oxygens (including phenoxy) is 1. The molecule has 2 heterocycles. The van der Waals surface area contributed by atoms with E-state index in [1.165, 1.54) is 6.92 Å². The number of ketones is 2. The van der Waals surface area contributed by atoms with Gasteiger partial charge in [0.2, 0.25) is 0 Å². The summed E-state index contributed by atoms with van der Waals surface area (Å²) in [5.74, 6) is -0.579. The van der Waals surface area contributed by atoms with E-state index < -0.39 is 17.5 Å². The summed E-state index contributed by atoms with van der Waals surface area (Å²) in [5, 5.41) is 14.9. The van der Waals surface area contributed by atoms with Gasteiger partial charge in [0.25, 0.3) is 0 Å². The number of para-hydroxylation sites is 1. The Morgan fingerprint density at radius 1 is 1.07 bits per heavy atom. The second kappa shape index (κ2) is 11.8. The summed E-state index contributed by atoms with van der Waals surface area (Å²) in [6.45, 7) is 5.36. The van der Waals surface area contributed by atoms with Gasteiger partial charge >= 0.3 is 5.97 Å². The molecule has 1 saturated carbocycles. The van der Waals surface area contributed by atoms with Gasteiger partial charge in [-0.3, -0.25) is 14.4 Å². The number of fused-ring (bicyclic) bond motifs is 2. The smallest absolute Gasteiger partial charge is 0.309 e. The Bertz CT molecular complexity index is 1730. The highest BCUT2D eigenvalue weighted by molar-refractivity contribution is 6.30. The Hall–Kier alpha value is -4.10. The number of carboxylic acid groups (broad SMARTS) is 1. The molecule has 2 atom stereocenters. The van der Waals surface area contributed by atoms with E-state index in [1.807, 2.05) is 66.7 Å². The van der Waals surface area contributed by atoms with Gasteiger partial charge in [-0.25, -0.2) is 0 Å². The molecule has 8 heteroatoms. The molecule has 0 spiro atoms. The molecule has 0 radical (unpaired) electrons. The Morgan fingerprint density at radius 3 is 2.43 bits per heavy atom. The highest BCUT2D eigenvalue weighted by Gasteiger charge is 2.37. The van der Waals surface area contributed by atoms with Crippen LogP contribution in [0.15, 0.2) is 66.7 Å². The predicted molar refractivity (Wildman–Crippen MR) is 172 cm³/mol. The van der Waals surface area contributed by atoms with Gasteiger partial charge in [0.15, 0.2) is 17.7 Å². The van der Waals surface area contributed by atoms with E-state index in [1.54, 1.807) is 13.8 Å². The zero-order valence-electron chi connectivity index (χ0n) is 25.2. The van der Waals surface area contributed by atoms with Crippen LogP contribution in [0.3, 0.4) is 0 Å². The number of hydrogen-bond donors (Lipinski definition) is 2. The molecule has 1 aromatic heterocycles. The summed E-state index contributed by atoms with van der Waals surface area (Å²) in [6.07, 6.45) is 2.75. The summed E-state index contributed by atoms with van der Waals surface area (Å²) in [6, 6.07) is 20.9. The Morgan fingerprint density at radius 2 is 1.80 bits per heavy atom. The van der Waals surface area contributed by atoms with E-state index in [4.69, 9.17) is 16.3 Å². The topological polar surface area (TPSA) is 97.6 Å². The minimum absolute atomic E-state index is 0.0421. The number of nitrogens with one attached hydrogen (secondary N) is 1. The first-order valence-corrected chi connectivity index (χ1v) is 15.6. The number of benzene rings is 3. The van der Waals surface area contributed by atoms with Gasteiger partial charge < -0.3 is 19.7 Å². The first-order valence-electron chi connectivity index (χ1n) is 15.2. The molecule has 2 N–H and O–H groups in total. The molecule has 3 aromatic carbocycles. The maximum Gasteiger partial charge on any atom is 0.309 e. The Kier molecular flexibility index (Phi) is 8.01. The molecule has 0 amide bonds. The monoisotopic (exact) mass is 612 g/mol. The lowest BCUT2D eigenvalue weighted by molar-refractivity contribution is -0.146. The van der Waals surface area contributed by atoms with Gasteiger partial charge in [0, 0.05) is 51.8 Å². The van der Waals surface area contributed by atoms with Crippen molar-refractivity contribution < 1.29 is 24.2 Å². The van der Waals surface area contributed by atoms with Crippen LogP contribution in [-0.4, -0.2) is 39.4 Å². The number of rotatable bonds is 11. The van der Waals surface area contributed by atoms with E-state index >= 15 is 0 Å². The average molecular weight is 613 g/mol. The van der Waals surface area contributed by atoms with Crippen LogP contribution in [0, 0.1) is 11.3 Å². The lowest BCUT2D eigenvalue weighted by Gasteiger charge is -2.26. The van der Waals surface area contributed by atoms with Gasteiger partial charge in [-0.05, 0) is 87.6 Å². The number of aliphatic carboxylic acids is 1. The summed E-state index contributed by atoms with van der Waals surface area (Å²) in [7, 11) is 0. The van der Waals surface area contributed by atoms with Crippen molar-refractivity contribution in [2.75, 3.05) is 5.32 Å². The number of carbonyl (C=O) groups excluding carboxylic acids is 2. The lowest BCUT2D eigenvalue weighted by atomic mass is 9.78. The van der Waals surface area contributed by atoms with Crippen molar-refractivity contribution in [1.29, 1.82) is 0 Å². The quantitative estimate of drug-likeness (QED) is 0.172. The van der Waals surface area contributed by atoms with Crippen molar-refractivity contribution in [3.8, 4) is 5.75 Å². The van der Waals surface area contributed by atoms with E-state index in [0.717, 1.165) is 47.0 Å². The van der Waals surface area contributed by atoms with Gasteiger partial charge in [-0.1, -0.05) is 48.4 Å². The summed E-state index contributed by atoms with van der Waals surface area (Å²) in [4.78, 5) is 39.3. The third-order valence-corrected chi connectivity index (χ3v) is 9.39. The number of anilines is 1. The van der Waals surface area contributed by atoms with Gasteiger partial charge in [-0.15, -0.1) is 0 Å². The van der Waals surface area contributed by atoms with Crippen LogP contribution < -0.4 is 10.1 Å². The molecule has 1 aliphatic heterocycles. The average Bonchev–Trinajstić information content (AvgIpc) is 3.50. The third-order valence-electron chi connectivity index (χ3n) is 9.13. The first-order chi connectivity index (χ1) is 21.0. The number of carbonyl (C=O) groups is 3. The number of hydrogen-bond acceptors (Lipinski definition) is 5. The number of halogens is 1. The molecular weight excluding hydrogens is 576 g/mol. The van der Waals surface area contributed by atoms with E-state index in [0.29, 0.717) is 35.0 Å². The number of Topliss-reactive ketones (excluding diaryl/α,β-unsaturated/α-hetero) is 2. The molecule has 0 bridgehead atoms. The highest BCUT2D eigenvalue weighted by atomic mass is 35.5. The fourth-order valence-corrected chi connectivity index (χ4v) is 6.47. The number of aromatic nitrogens is 1. The second-order valence-electron chi connectivity index (χ2n) is 12.8. The summed E-state index contributed by atoms with van der Waals surface area (Å²) in [5.41, 5.74) is 4.09. The molecule has 1 unspecified atom stereocenters. The SMILES string of the molecule is CC(=O)[C@@H](Oc1ccc2c(c1)c(C(=O)C1CCC1)c(CC(C)(C)C(=O)O)n2Cc1ccc(Cl)cc1)C1Cc2ccccc2N1. The lowest BCUT2D eigenvalue weighted by Crippen LogP contribution is -2.41. The molecule has 1 fully saturated rings. The van der Waals surface area contributed by atoms with Gasteiger partial charge in [0.05, 0.1) is 11.5 Å². The fraction of sp³-hybridized carbons (Fsp3) is 0.361. The number of nitrogens with zero attached hydrogens (tertiary/aromatic N) is 1. The maximum atomic E-state index is 14.1.